The van der Waals surface area contributed by atoms with Crippen molar-refractivity contribution in [1.29, 1.82) is 0 Å². The topological polar surface area (TPSA) is 49.4 Å². The zero-order chi connectivity index (χ0) is 23.2. The first-order valence-corrected chi connectivity index (χ1v) is 12.1. The molecule has 2 amide bonds. The summed E-state index contributed by atoms with van der Waals surface area (Å²) in [6, 6.07) is 12.0. The standard InChI is InChI=1S/C23H27Cl3N2O2S/c1-15(22(30)27-23(2,3)4)28(12-16-8-10-17(24)11-9-16)21(29)14-31-13-18-19(25)6-5-7-20(18)26/h5-11,15H,12-14H2,1-4H3,(H,27,30)/t15-/m1/s1. The van der Waals surface area contributed by atoms with E-state index in [-0.39, 0.29) is 17.6 Å². The minimum absolute atomic E-state index is 0.139. The number of nitrogens with zero attached hydrogens (tertiary/aromatic N) is 1. The molecule has 0 aliphatic heterocycles. The van der Waals surface area contributed by atoms with Crippen LogP contribution in [-0.2, 0) is 21.9 Å². The molecule has 0 heterocycles. The number of carbonyl (C=O) groups is 2. The molecule has 31 heavy (non-hydrogen) atoms. The Hall–Kier alpha value is -1.40. The van der Waals surface area contributed by atoms with Crippen molar-refractivity contribution in [3.8, 4) is 0 Å². The van der Waals surface area contributed by atoms with Crippen LogP contribution in [0.3, 0.4) is 0 Å². The van der Waals surface area contributed by atoms with E-state index in [1.54, 1.807) is 42.2 Å². The second kappa shape index (κ2) is 11.5. The first-order valence-electron chi connectivity index (χ1n) is 9.84. The van der Waals surface area contributed by atoms with E-state index in [1.807, 2.05) is 32.9 Å². The van der Waals surface area contributed by atoms with E-state index in [9.17, 15) is 9.59 Å². The number of amides is 2. The molecule has 8 heteroatoms. The van der Waals surface area contributed by atoms with Crippen LogP contribution in [0.15, 0.2) is 42.5 Å². The van der Waals surface area contributed by atoms with Crippen molar-refractivity contribution in [1.82, 2.24) is 10.2 Å². The predicted molar refractivity (Wildman–Crippen MR) is 132 cm³/mol. The molecule has 2 rings (SSSR count). The Balaban J connectivity index is 2.13. The lowest BCUT2D eigenvalue weighted by Crippen LogP contribution is -2.52. The van der Waals surface area contributed by atoms with Gasteiger partial charge in [0, 0.05) is 32.9 Å². The van der Waals surface area contributed by atoms with E-state index in [2.05, 4.69) is 5.32 Å². The smallest absolute Gasteiger partial charge is 0.242 e. The van der Waals surface area contributed by atoms with E-state index in [0.29, 0.717) is 27.4 Å². The van der Waals surface area contributed by atoms with Gasteiger partial charge in [0.1, 0.15) is 6.04 Å². The summed E-state index contributed by atoms with van der Waals surface area (Å²) in [5.74, 6) is 0.359. The van der Waals surface area contributed by atoms with Gasteiger partial charge >= 0.3 is 0 Å². The highest BCUT2D eigenvalue weighted by molar-refractivity contribution is 7.99. The van der Waals surface area contributed by atoms with Gasteiger partial charge in [0.15, 0.2) is 0 Å². The summed E-state index contributed by atoms with van der Waals surface area (Å²) in [5, 5.41) is 4.71. The van der Waals surface area contributed by atoms with Crippen LogP contribution >= 0.6 is 46.6 Å². The molecule has 2 aromatic rings. The van der Waals surface area contributed by atoms with Crippen LogP contribution in [0.4, 0.5) is 0 Å². The second-order valence-electron chi connectivity index (χ2n) is 8.26. The van der Waals surface area contributed by atoms with E-state index < -0.39 is 11.6 Å². The third-order valence-corrected chi connectivity index (χ3v) is 6.37. The Morgan fingerprint density at radius 1 is 1.03 bits per heavy atom. The molecule has 1 N–H and O–H groups in total. The zero-order valence-corrected chi connectivity index (χ0v) is 21.1. The monoisotopic (exact) mass is 500 g/mol. The van der Waals surface area contributed by atoms with Crippen LogP contribution in [0.25, 0.3) is 0 Å². The van der Waals surface area contributed by atoms with Crippen molar-refractivity contribution >= 4 is 58.4 Å². The predicted octanol–water partition coefficient (Wildman–Crippen LogP) is 6.21. The molecule has 1 atom stereocenters. The van der Waals surface area contributed by atoms with Gasteiger partial charge in [-0.1, -0.05) is 53.0 Å². The largest absolute Gasteiger partial charge is 0.350 e. The molecule has 2 aromatic carbocycles. The average molecular weight is 502 g/mol. The van der Waals surface area contributed by atoms with Crippen LogP contribution < -0.4 is 5.32 Å². The molecule has 0 bridgehead atoms. The number of nitrogens with one attached hydrogen (secondary N) is 1. The highest BCUT2D eigenvalue weighted by Gasteiger charge is 2.28. The number of hydrogen-bond acceptors (Lipinski definition) is 3. The van der Waals surface area contributed by atoms with Gasteiger partial charge in [0.25, 0.3) is 0 Å². The molecule has 0 spiro atoms. The molecule has 0 aromatic heterocycles. The maximum absolute atomic E-state index is 13.1. The van der Waals surface area contributed by atoms with Gasteiger partial charge in [-0.3, -0.25) is 9.59 Å². The minimum Gasteiger partial charge on any atom is -0.350 e. The van der Waals surface area contributed by atoms with Crippen LogP contribution in [0.1, 0.15) is 38.8 Å². The fraction of sp³-hybridized carbons (Fsp3) is 0.391. The Morgan fingerprint density at radius 2 is 1.61 bits per heavy atom. The van der Waals surface area contributed by atoms with E-state index >= 15 is 0 Å². The summed E-state index contributed by atoms with van der Waals surface area (Å²) >= 11 is 19.8. The summed E-state index contributed by atoms with van der Waals surface area (Å²) < 4.78 is 0. The van der Waals surface area contributed by atoms with Gasteiger partial charge in [-0.05, 0) is 63.1 Å². The summed E-state index contributed by atoms with van der Waals surface area (Å²) in [6.45, 7) is 7.77. The van der Waals surface area contributed by atoms with Gasteiger partial charge < -0.3 is 10.2 Å². The number of carbonyl (C=O) groups excluding carboxylic acids is 2. The number of halogens is 3. The summed E-state index contributed by atoms with van der Waals surface area (Å²) in [5.41, 5.74) is 1.30. The molecule has 168 valence electrons. The molecule has 0 unspecified atom stereocenters. The Bertz CT molecular complexity index is 894. The summed E-state index contributed by atoms with van der Waals surface area (Å²) in [4.78, 5) is 27.5. The third kappa shape index (κ3) is 8.23. The van der Waals surface area contributed by atoms with Crippen LogP contribution in [0.2, 0.25) is 15.1 Å². The van der Waals surface area contributed by atoms with Gasteiger partial charge in [-0.25, -0.2) is 0 Å². The normalized spacial score (nSPS) is 12.4. The Kier molecular flexibility index (Phi) is 9.56. The number of benzene rings is 2. The summed E-state index contributed by atoms with van der Waals surface area (Å²) in [6.07, 6.45) is 0. The Morgan fingerprint density at radius 3 is 2.16 bits per heavy atom. The van der Waals surface area contributed by atoms with Crippen molar-refractivity contribution < 1.29 is 9.59 Å². The lowest BCUT2D eigenvalue weighted by Gasteiger charge is -2.31. The van der Waals surface area contributed by atoms with Crippen LogP contribution in [-0.4, -0.2) is 34.0 Å². The van der Waals surface area contributed by atoms with Gasteiger partial charge in [0.2, 0.25) is 11.8 Å². The van der Waals surface area contributed by atoms with Crippen LogP contribution in [0, 0.1) is 0 Å². The number of hydrogen-bond donors (Lipinski definition) is 1. The molecule has 0 radical (unpaired) electrons. The molecular weight excluding hydrogens is 475 g/mol. The van der Waals surface area contributed by atoms with Crippen LogP contribution in [0.5, 0.6) is 0 Å². The quantitative estimate of drug-likeness (QED) is 0.468. The van der Waals surface area contributed by atoms with Crippen molar-refractivity contribution in [3.63, 3.8) is 0 Å². The minimum atomic E-state index is -0.632. The molecule has 0 saturated heterocycles. The number of rotatable bonds is 8. The van der Waals surface area contributed by atoms with E-state index in [1.165, 1.54) is 11.8 Å². The fourth-order valence-electron chi connectivity index (χ4n) is 2.84. The maximum Gasteiger partial charge on any atom is 0.242 e. The number of thioether (sulfide) groups is 1. The molecule has 0 aliphatic carbocycles. The van der Waals surface area contributed by atoms with Crippen molar-refractivity contribution in [2.24, 2.45) is 0 Å². The fourth-order valence-corrected chi connectivity index (χ4v) is 4.61. The zero-order valence-electron chi connectivity index (χ0n) is 18.0. The lowest BCUT2D eigenvalue weighted by molar-refractivity contribution is -0.139. The highest BCUT2D eigenvalue weighted by Crippen LogP contribution is 2.28. The average Bonchev–Trinajstić information content (AvgIpc) is 2.67. The maximum atomic E-state index is 13.1. The molecule has 0 fully saturated rings. The Labute approximate surface area is 203 Å². The van der Waals surface area contributed by atoms with E-state index in [4.69, 9.17) is 34.8 Å². The summed E-state index contributed by atoms with van der Waals surface area (Å²) in [7, 11) is 0. The van der Waals surface area contributed by atoms with Crippen molar-refractivity contribution in [2.75, 3.05) is 5.75 Å². The molecule has 0 saturated carbocycles. The van der Waals surface area contributed by atoms with Gasteiger partial charge in [0.05, 0.1) is 5.75 Å². The molecular formula is C23H27Cl3N2O2S. The first-order chi connectivity index (χ1) is 14.5. The van der Waals surface area contributed by atoms with Crippen molar-refractivity contribution in [2.45, 2.75) is 51.6 Å². The SMILES string of the molecule is C[C@H](C(=O)NC(C)(C)C)N(Cc1ccc(Cl)cc1)C(=O)CSCc1c(Cl)cccc1Cl. The molecule has 0 aliphatic rings. The molecule has 4 nitrogen and oxygen atoms in total. The van der Waals surface area contributed by atoms with Gasteiger partial charge in [-0.15, -0.1) is 11.8 Å². The highest BCUT2D eigenvalue weighted by atomic mass is 35.5. The van der Waals surface area contributed by atoms with Gasteiger partial charge in [-0.2, -0.15) is 0 Å². The van der Waals surface area contributed by atoms with Crippen molar-refractivity contribution in [3.05, 3.63) is 68.7 Å². The van der Waals surface area contributed by atoms with E-state index in [0.717, 1.165) is 11.1 Å². The first kappa shape index (κ1) is 25.9. The lowest BCUT2D eigenvalue weighted by atomic mass is 10.1. The second-order valence-corrected chi connectivity index (χ2v) is 10.5. The third-order valence-electron chi connectivity index (χ3n) is 4.47.